The predicted octanol–water partition coefficient (Wildman–Crippen LogP) is 2.02. The lowest BCUT2D eigenvalue weighted by atomic mass is 9.83. The van der Waals surface area contributed by atoms with E-state index >= 15 is 0 Å². The molecule has 0 radical (unpaired) electrons. The lowest BCUT2D eigenvalue weighted by Crippen LogP contribution is -2.42. The second kappa shape index (κ2) is 5.61. The molecule has 0 saturated heterocycles. The van der Waals surface area contributed by atoms with Gasteiger partial charge in [0.25, 0.3) is 0 Å². The Hall–Kier alpha value is -0.0800. The Balaban J connectivity index is 2.21. The summed E-state index contributed by atoms with van der Waals surface area (Å²) in [6.45, 7) is 2.12. The molecule has 1 aliphatic rings. The fraction of sp³-hybridized carbons (Fsp3) is 1.00. The molecule has 0 aromatic rings. The highest BCUT2D eigenvalue weighted by atomic mass is 14.8. The molecule has 2 atom stereocenters. The van der Waals surface area contributed by atoms with Gasteiger partial charge in [0.15, 0.2) is 0 Å². The second-order valence-electron chi connectivity index (χ2n) is 4.48. The summed E-state index contributed by atoms with van der Waals surface area (Å²) in [6, 6.07) is 0.440. The Morgan fingerprint density at radius 1 is 1.08 bits per heavy atom. The zero-order chi connectivity index (χ0) is 9.68. The van der Waals surface area contributed by atoms with Crippen LogP contribution in [0.2, 0.25) is 0 Å². The molecule has 78 valence electrons. The van der Waals surface area contributed by atoms with Crippen molar-refractivity contribution in [3.8, 4) is 0 Å². The normalized spacial score (nSPS) is 24.2. The maximum Gasteiger partial charge on any atom is 0.0194 e. The summed E-state index contributed by atoms with van der Waals surface area (Å²) in [5.41, 5.74) is 11.9. The van der Waals surface area contributed by atoms with Crippen LogP contribution in [0, 0.1) is 5.92 Å². The molecule has 13 heavy (non-hydrogen) atoms. The number of hydrogen-bond acceptors (Lipinski definition) is 2. The predicted molar refractivity (Wildman–Crippen MR) is 57.4 cm³/mol. The van der Waals surface area contributed by atoms with E-state index in [1.165, 1.54) is 32.1 Å². The van der Waals surface area contributed by atoms with Crippen molar-refractivity contribution in [2.75, 3.05) is 0 Å². The van der Waals surface area contributed by atoms with Gasteiger partial charge in [0, 0.05) is 12.1 Å². The summed E-state index contributed by atoms with van der Waals surface area (Å²) >= 11 is 0. The third kappa shape index (κ3) is 3.65. The van der Waals surface area contributed by atoms with Crippen molar-refractivity contribution in [1.82, 2.24) is 0 Å². The Morgan fingerprint density at radius 2 is 1.69 bits per heavy atom. The van der Waals surface area contributed by atoms with Crippen molar-refractivity contribution in [2.24, 2.45) is 17.4 Å². The molecule has 2 nitrogen and oxygen atoms in total. The zero-order valence-electron chi connectivity index (χ0n) is 8.84. The fourth-order valence-electron chi connectivity index (χ4n) is 2.29. The first-order valence-electron chi connectivity index (χ1n) is 5.75. The minimum atomic E-state index is 0.210. The van der Waals surface area contributed by atoms with Gasteiger partial charge < -0.3 is 11.5 Å². The molecule has 1 fully saturated rings. The average Bonchev–Trinajstić information content (AvgIpc) is 2.18. The molecule has 0 amide bonds. The smallest absolute Gasteiger partial charge is 0.0194 e. The van der Waals surface area contributed by atoms with Gasteiger partial charge in [-0.05, 0) is 18.8 Å². The first kappa shape index (κ1) is 11.0. The largest absolute Gasteiger partial charge is 0.326 e. The Labute approximate surface area is 82.1 Å². The summed E-state index contributed by atoms with van der Waals surface area (Å²) in [6.07, 6.45) is 9.14. The molecule has 0 aliphatic heterocycles. The van der Waals surface area contributed by atoms with Gasteiger partial charge in [-0.15, -0.1) is 0 Å². The van der Waals surface area contributed by atoms with Gasteiger partial charge in [-0.3, -0.25) is 0 Å². The first-order chi connectivity index (χ1) is 6.24. The van der Waals surface area contributed by atoms with E-state index < -0.39 is 0 Å². The highest BCUT2D eigenvalue weighted by Crippen LogP contribution is 2.27. The quantitative estimate of drug-likeness (QED) is 0.702. The van der Waals surface area contributed by atoms with Crippen LogP contribution in [0.3, 0.4) is 0 Å². The first-order valence-corrected chi connectivity index (χ1v) is 5.75. The maximum absolute atomic E-state index is 6.03. The molecule has 1 rings (SSSR count). The second-order valence-corrected chi connectivity index (χ2v) is 4.48. The van der Waals surface area contributed by atoms with Gasteiger partial charge in [0.1, 0.15) is 0 Å². The molecule has 0 heterocycles. The van der Waals surface area contributed by atoms with E-state index in [2.05, 4.69) is 6.92 Å². The van der Waals surface area contributed by atoms with E-state index in [0.717, 1.165) is 18.8 Å². The Bertz CT molecular complexity index is 130. The molecule has 4 N–H and O–H groups in total. The molecule has 0 aromatic carbocycles. The molecular formula is C11H24N2. The third-order valence-corrected chi connectivity index (χ3v) is 3.35. The summed E-state index contributed by atoms with van der Waals surface area (Å²) in [4.78, 5) is 0. The van der Waals surface area contributed by atoms with Crippen LogP contribution in [0.4, 0.5) is 0 Å². The number of rotatable bonds is 4. The molecule has 0 spiro atoms. The van der Waals surface area contributed by atoms with Crippen LogP contribution in [-0.4, -0.2) is 12.1 Å². The molecule has 0 aromatic heterocycles. The van der Waals surface area contributed by atoms with E-state index in [0.29, 0.717) is 0 Å². The van der Waals surface area contributed by atoms with E-state index in [9.17, 15) is 0 Å². The summed E-state index contributed by atoms with van der Waals surface area (Å²) in [5.74, 6) is 0.862. The van der Waals surface area contributed by atoms with Crippen molar-refractivity contribution < 1.29 is 0 Å². The van der Waals surface area contributed by atoms with Gasteiger partial charge in [0.05, 0.1) is 0 Å². The van der Waals surface area contributed by atoms with E-state index in [1.807, 2.05) is 0 Å². The lowest BCUT2D eigenvalue weighted by Gasteiger charge is -2.27. The molecule has 0 bridgehead atoms. The average molecular weight is 184 g/mol. The number of hydrogen-bond donors (Lipinski definition) is 2. The van der Waals surface area contributed by atoms with Crippen molar-refractivity contribution in [2.45, 2.75) is 64.0 Å². The summed E-state index contributed by atoms with van der Waals surface area (Å²) in [7, 11) is 0. The topological polar surface area (TPSA) is 52.0 Å². The Kier molecular flexibility index (Phi) is 4.74. The van der Waals surface area contributed by atoms with Crippen LogP contribution in [0.5, 0.6) is 0 Å². The van der Waals surface area contributed by atoms with Crippen molar-refractivity contribution >= 4 is 0 Å². The molecular weight excluding hydrogens is 160 g/mol. The molecule has 2 unspecified atom stereocenters. The zero-order valence-corrected chi connectivity index (χ0v) is 8.84. The summed E-state index contributed by atoms with van der Waals surface area (Å²) in [5, 5.41) is 0. The molecule has 1 saturated carbocycles. The van der Waals surface area contributed by atoms with E-state index in [1.54, 1.807) is 0 Å². The van der Waals surface area contributed by atoms with Gasteiger partial charge in [-0.1, -0.05) is 39.0 Å². The van der Waals surface area contributed by atoms with Gasteiger partial charge >= 0.3 is 0 Å². The van der Waals surface area contributed by atoms with E-state index in [4.69, 9.17) is 11.5 Å². The highest BCUT2D eigenvalue weighted by molar-refractivity contribution is 4.79. The van der Waals surface area contributed by atoms with Crippen LogP contribution in [-0.2, 0) is 0 Å². The highest BCUT2D eigenvalue weighted by Gasteiger charge is 2.19. The standard InChI is InChI=1S/C11H24N2/c1-2-10(12)11(13)8-9-6-4-3-5-7-9/h9-11H,2-8,12-13H2,1H3. The van der Waals surface area contributed by atoms with Gasteiger partial charge in [-0.25, -0.2) is 0 Å². The molecule has 2 heteroatoms. The summed E-state index contributed by atoms with van der Waals surface area (Å²) < 4.78 is 0. The number of nitrogens with two attached hydrogens (primary N) is 2. The SMILES string of the molecule is CCC(N)C(N)CC1CCCCC1. The van der Waals surface area contributed by atoms with Crippen LogP contribution in [0.1, 0.15) is 51.9 Å². The van der Waals surface area contributed by atoms with Crippen LogP contribution in [0.25, 0.3) is 0 Å². The minimum absolute atomic E-state index is 0.210. The Morgan fingerprint density at radius 3 is 2.23 bits per heavy atom. The van der Waals surface area contributed by atoms with Crippen molar-refractivity contribution in [3.63, 3.8) is 0 Å². The van der Waals surface area contributed by atoms with Gasteiger partial charge in [-0.2, -0.15) is 0 Å². The van der Waals surface area contributed by atoms with Crippen LogP contribution in [0.15, 0.2) is 0 Å². The fourth-order valence-corrected chi connectivity index (χ4v) is 2.29. The van der Waals surface area contributed by atoms with Crippen molar-refractivity contribution in [3.05, 3.63) is 0 Å². The van der Waals surface area contributed by atoms with Crippen molar-refractivity contribution in [1.29, 1.82) is 0 Å². The van der Waals surface area contributed by atoms with Gasteiger partial charge in [0.2, 0.25) is 0 Å². The van der Waals surface area contributed by atoms with Crippen LogP contribution >= 0.6 is 0 Å². The minimum Gasteiger partial charge on any atom is -0.326 e. The molecule has 1 aliphatic carbocycles. The monoisotopic (exact) mass is 184 g/mol. The lowest BCUT2D eigenvalue weighted by molar-refractivity contribution is 0.301. The third-order valence-electron chi connectivity index (χ3n) is 3.35. The van der Waals surface area contributed by atoms with E-state index in [-0.39, 0.29) is 12.1 Å². The van der Waals surface area contributed by atoms with Crippen LogP contribution < -0.4 is 11.5 Å². The maximum atomic E-state index is 6.03.